The number of halogens is 5. The van der Waals surface area contributed by atoms with Gasteiger partial charge in [0.1, 0.15) is 0 Å². The van der Waals surface area contributed by atoms with E-state index in [4.69, 9.17) is 28.9 Å². The van der Waals surface area contributed by atoms with Gasteiger partial charge < -0.3 is 11.1 Å². The van der Waals surface area contributed by atoms with Crippen LogP contribution in [0.3, 0.4) is 0 Å². The van der Waals surface area contributed by atoms with Crippen LogP contribution in [0.5, 0.6) is 0 Å². The number of anilines is 1. The van der Waals surface area contributed by atoms with Crippen LogP contribution in [0, 0.1) is 0 Å². The molecule has 0 radical (unpaired) electrons. The van der Waals surface area contributed by atoms with Gasteiger partial charge in [0, 0.05) is 5.56 Å². The Morgan fingerprint density at radius 2 is 1.82 bits per heavy atom. The van der Waals surface area contributed by atoms with Crippen LogP contribution in [-0.4, -0.2) is 15.1 Å². The predicted octanol–water partition coefficient (Wildman–Crippen LogP) is 4.12. The molecule has 116 valence electrons. The van der Waals surface area contributed by atoms with Crippen molar-refractivity contribution in [1.82, 2.24) is 9.97 Å². The molecule has 0 aliphatic carbocycles. The van der Waals surface area contributed by atoms with Crippen LogP contribution in [0.15, 0.2) is 24.3 Å². The maximum Gasteiger partial charge on any atom is 0.433 e. The Morgan fingerprint density at radius 1 is 1.14 bits per heavy atom. The van der Waals surface area contributed by atoms with E-state index in [9.17, 15) is 13.2 Å². The third-order valence-electron chi connectivity index (χ3n) is 2.47. The van der Waals surface area contributed by atoms with Crippen LogP contribution in [0.25, 0.3) is 11.3 Å². The van der Waals surface area contributed by atoms with E-state index in [0.717, 1.165) is 6.07 Å². The molecule has 0 bridgehead atoms. The van der Waals surface area contributed by atoms with E-state index >= 15 is 0 Å². The molecule has 4 nitrogen and oxygen atoms in total. The number of thiocarbonyl (C=S) groups is 1. The second-order valence-corrected chi connectivity index (χ2v) is 5.33. The summed E-state index contributed by atoms with van der Waals surface area (Å²) in [6.45, 7) is 0. The molecule has 1 heterocycles. The number of rotatable bonds is 2. The van der Waals surface area contributed by atoms with Gasteiger partial charge >= 0.3 is 6.18 Å². The van der Waals surface area contributed by atoms with Crippen molar-refractivity contribution >= 4 is 46.5 Å². The molecule has 2 rings (SSSR count). The summed E-state index contributed by atoms with van der Waals surface area (Å²) in [6, 6.07) is 5.14. The van der Waals surface area contributed by atoms with Gasteiger partial charge in [-0.05, 0) is 30.4 Å². The van der Waals surface area contributed by atoms with Gasteiger partial charge in [-0.2, -0.15) is 13.2 Å². The van der Waals surface area contributed by atoms with Crippen LogP contribution >= 0.6 is 35.4 Å². The van der Waals surface area contributed by atoms with Crippen LogP contribution in [0.4, 0.5) is 19.1 Å². The van der Waals surface area contributed by atoms with E-state index in [2.05, 4.69) is 27.5 Å². The molecule has 0 aliphatic rings. The molecule has 2 aromatic rings. The third-order valence-corrected chi connectivity index (χ3v) is 3.31. The second-order valence-electron chi connectivity index (χ2n) is 4.08. The summed E-state index contributed by atoms with van der Waals surface area (Å²) in [5.41, 5.74) is 4.44. The average Bonchev–Trinajstić information content (AvgIpc) is 2.39. The van der Waals surface area contributed by atoms with Crippen molar-refractivity contribution in [3.8, 4) is 11.3 Å². The van der Waals surface area contributed by atoms with Gasteiger partial charge in [-0.1, -0.05) is 29.3 Å². The van der Waals surface area contributed by atoms with Crippen LogP contribution in [0.2, 0.25) is 10.0 Å². The quantitative estimate of drug-likeness (QED) is 0.782. The Kier molecular flexibility index (Phi) is 4.74. The van der Waals surface area contributed by atoms with Crippen molar-refractivity contribution in [2.24, 2.45) is 5.73 Å². The van der Waals surface area contributed by atoms with E-state index < -0.39 is 11.9 Å². The van der Waals surface area contributed by atoms with E-state index in [-0.39, 0.29) is 26.8 Å². The largest absolute Gasteiger partial charge is 0.433 e. The summed E-state index contributed by atoms with van der Waals surface area (Å²) in [6.07, 6.45) is -4.65. The van der Waals surface area contributed by atoms with Crippen molar-refractivity contribution in [3.63, 3.8) is 0 Å². The van der Waals surface area contributed by atoms with Gasteiger partial charge in [0.05, 0.1) is 15.7 Å². The average molecular weight is 367 g/mol. The van der Waals surface area contributed by atoms with E-state index in [1.165, 1.54) is 18.2 Å². The molecule has 0 amide bonds. The molecule has 0 fully saturated rings. The minimum atomic E-state index is -4.65. The minimum absolute atomic E-state index is 0.000332. The zero-order valence-electron chi connectivity index (χ0n) is 10.6. The summed E-state index contributed by atoms with van der Waals surface area (Å²) in [4.78, 5) is 7.27. The molecule has 1 aromatic carbocycles. The normalized spacial score (nSPS) is 11.3. The summed E-state index contributed by atoms with van der Waals surface area (Å²) in [7, 11) is 0. The second kappa shape index (κ2) is 6.23. The van der Waals surface area contributed by atoms with Crippen LogP contribution < -0.4 is 11.1 Å². The Morgan fingerprint density at radius 3 is 2.36 bits per heavy atom. The predicted molar refractivity (Wildman–Crippen MR) is 82.9 cm³/mol. The summed E-state index contributed by atoms with van der Waals surface area (Å²) < 4.78 is 38.7. The summed E-state index contributed by atoms with van der Waals surface area (Å²) >= 11 is 16.2. The zero-order chi connectivity index (χ0) is 16.5. The molecule has 0 atom stereocenters. The first kappa shape index (κ1) is 16.7. The first-order valence-electron chi connectivity index (χ1n) is 5.65. The first-order chi connectivity index (χ1) is 10.2. The van der Waals surface area contributed by atoms with Gasteiger partial charge in [0.15, 0.2) is 10.8 Å². The highest BCUT2D eigenvalue weighted by Gasteiger charge is 2.34. The fraction of sp³-hybridized carbons (Fsp3) is 0.0833. The van der Waals surface area contributed by atoms with Crippen molar-refractivity contribution in [3.05, 3.63) is 40.0 Å². The topological polar surface area (TPSA) is 63.8 Å². The molecule has 0 aliphatic heterocycles. The molecule has 0 spiro atoms. The van der Waals surface area contributed by atoms with Crippen molar-refractivity contribution < 1.29 is 13.2 Å². The number of hydrogen-bond acceptors (Lipinski definition) is 3. The lowest BCUT2D eigenvalue weighted by Gasteiger charge is -2.11. The van der Waals surface area contributed by atoms with Crippen molar-refractivity contribution in [2.75, 3.05) is 5.32 Å². The molecular weight excluding hydrogens is 360 g/mol. The highest BCUT2D eigenvalue weighted by atomic mass is 35.5. The van der Waals surface area contributed by atoms with Crippen molar-refractivity contribution in [1.29, 1.82) is 0 Å². The van der Waals surface area contributed by atoms with E-state index in [1.54, 1.807) is 0 Å². The van der Waals surface area contributed by atoms with Gasteiger partial charge in [-0.3, -0.25) is 0 Å². The number of nitrogens with two attached hydrogens (primary N) is 1. The Labute approximate surface area is 138 Å². The molecule has 3 N–H and O–H groups in total. The maximum absolute atomic E-state index is 12.9. The molecule has 22 heavy (non-hydrogen) atoms. The molecule has 0 saturated carbocycles. The van der Waals surface area contributed by atoms with Crippen LogP contribution in [0.1, 0.15) is 5.69 Å². The Bertz CT molecular complexity index is 737. The zero-order valence-corrected chi connectivity index (χ0v) is 12.9. The Hall–Kier alpha value is -1.64. The van der Waals surface area contributed by atoms with E-state index in [1.807, 2.05) is 0 Å². The Balaban J connectivity index is 2.58. The number of aromatic nitrogens is 2. The molecular formula is C12H7Cl2F3N4S. The van der Waals surface area contributed by atoms with Gasteiger partial charge in [-0.25, -0.2) is 9.97 Å². The number of nitrogens with zero attached hydrogens (tertiary/aromatic N) is 2. The lowest BCUT2D eigenvalue weighted by Crippen LogP contribution is -2.22. The van der Waals surface area contributed by atoms with Gasteiger partial charge in [-0.15, -0.1) is 0 Å². The van der Waals surface area contributed by atoms with Gasteiger partial charge in [0.25, 0.3) is 0 Å². The monoisotopic (exact) mass is 366 g/mol. The van der Waals surface area contributed by atoms with Crippen molar-refractivity contribution in [2.45, 2.75) is 6.18 Å². The maximum atomic E-state index is 12.9. The highest BCUT2D eigenvalue weighted by molar-refractivity contribution is 7.80. The fourth-order valence-corrected chi connectivity index (χ4v) is 1.95. The third kappa shape index (κ3) is 3.96. The minimum Gasteiger partial charge on any atom is -0.376 e. The molecule has 1 aromatic heterocycles. The standard InChI is InChI=1S/C12H7Cl2F3N4S/c13-6-2-1-5(3-7(6)14)8-4-9(12(15,16)17)20-11(19-8)21-10(18)22/h1-4H,(H3,18,19,20,21,22). The summed E-state index contributed by atoms with van der Waals surface area (Å²) in [5, 5.41) is 2.50. The smallest absolute Gasteiger partial charge is 0.376 e. The lowest BCUT2D eigenvalue weighted by atomic mass is 10.1. The lowest BCUT2D eigenvalue weighted by molar-refractivity contribution is -0.141. The number of alkyl halides is 3. The molecule has 0 saturated heterocycles. The molecule has 10 heteroatoms. The number of hydrogen-bond donors (Lipinski definition) is 2. The van der Waals surface area contributed by atoms with Gasteiger partial charge in [0.2, 0.25) is 5.95 Å². The molecule has 0 unspecified atom stereocenters. The number of nitrogens with one attached hydrogen (secondary N) is 1. The van der Waals surface area contributed by atoms with Crippen LogP contribution in [-0.2, 0) is 6.18 Å². The van der Waals surface area contributed by atoms with E-state index in [0.29, 0.717) is 5.56 Å². The highest BCUT2D eigenvalue weighted by Crippen LogP contribution is 2.33. The summed E-state index contributed by atoms with van der Waals surface area (Å²) in [5.74, 6) is -0.358. The fourth-order valence-electron chi connectivity index (χ4n) is 1.56. The SMILES string of the molecule is NC(=S)Nc1nc(-c2ccc(Cl)c(Cl)c2)cc(C(F)(F)F)n1. The number of benzene rings is 1. The first-order valence-corrected chi connectivity index (χ1v) is 6.81.